The number of hydrogen-bond donors (Lipinski definition) is 0. The monoisotopic (exact) mass is 263 g/mol. The fourth-order valence-corrected chi connectivity index (χ4v) is 2.43. The maximum Gasteiger partial charge on any atom is 0.141 e. The summed E-state index contributed by atoms with van der Waals surface area (Å²) < 4.78 is 5.76. The Kier molecular flexibility index (Phi) is 4.76. The fraction of sp³-hybridized carbons (Fsp3) is 0. The molecule has 3 radical (unpaired) electrons. The maximum absolute atomic E-state index is 5.76. The lowest BCUT2D eigenvalue weighted by Crippen LogP contribution is -1.93. The second-order valence-corrected chi connectivity index (χ2v) is 4.18. The summed E-state index contributed by atoms with van der Waals surface area (Å²) in [4.78, 5) is 2.37. The number of benzene rings is 2. The molecule has 3 rings (SSSR count). The first-order valence-electron chi connectivity index (χ1n) is 4.47. The minimum atomic E-state index is 0. The van der Waals surface area contributed by atoms with Crippen LogP contribution in [0.15, 0.2) is 58.3 Å². The first-order valence-corrected chi connectivity index (χ1v) is 5.29. The zero-order chi connectivity index (χ0) is 9.38. The highest BCUT2D eigenvalue weighted by molar-refractivity contribution is 7.99. The molecule has 0 saturated heterocycles. The van der Waals surface area contributed by atoms with Crippen LogP contribution in [-0.4, -0.2) is 17.4 Å². The van der Waals surface area contributed by atoms with Gasteiger partial charge in [-0.25, -0.2) is 0 Å². The van der Waals surface area contributed by atoms with Gasteiger partial charge in [0.05, 0.1) is 9.79 Å². The van der Waals surface area contributed by atoms with Crippen molar-refractivity contribution in [3.8, 4) is 11.5 Å². The third kappa shape index (κ3) is 2.39. The molecule has 0 N–H and O–H groups in total. The minimum absolute atomic E-state index is 0. The Morgan fingerprint density at radius 3 is 1.69 bits per heavy atom. The van der Waals surface area contributed by atoms with E-state index in [1.165, 1.54) is 9.79 Å². The van der Waals surface area contributed by atoms with E-state index in [-0.39, 0.29) is 29.8 Å². The summed E-state index contributed by atoms with van der Waals surface area (Å²) in [6, 6.07) is 16.2. The summed E-state index contributed by atoms with van der Waals surface area (Å²) in [6.45, 7) is 0. The van der Waals surface area contributed by atoms with Gasteiger partial charge < -0.3 is 4.74 Å². The van der Waals surface area contributed by atoms with Crippen LogP contribution in [0.5, 0.6) is 11.5 Å². The third-order valence-corrected chi connectivity index (χ3v) is 3.25. The van der Waals surface area contributed by atoms with Crippen molar-refractivity contribution in [1.29, 1.82) is 0 Å². The van der Waals surface area contributed by atoms with Gasteiger partial charge in [-0.2, -0.15) is 0 Å². The average Bonchev–Trinajstić information content (AvgIpc) is 2.26. The van der Waals surface area contributed by atoms with Gasteiger partial charge in [0, 0.05) is 17.4 Å². The molecule has 0 atom stereocenters. The van der Waals surface area contributed by atoms with Gasteiger partial charge >= 0.3 is 0 Å². The van der Waals surface area contributed by atoms with Gasteiger partial charge in [0.25, 0.3) is 0 Å². The van der Waals surface area contributed by atoms with Crippen molar-refractivity contribution in [2.75, 3.05) is 0 Å². The quantitative estimate of drug-likeness (QED) is 0.567. The highest BCUT2D eigenvalue weighted by Gasteiger charge is 2.15. The first-order chi connectivity index (χ1) is 6.93. The van der Waals surface area contributed by atoms with E-state index < -0.39 is 0 Å². The van der Waals surface area contributed by atoms with Gasteiger partial charge in [0.2, 0.25) is 0 Å². The van der Waals surface area contributed by atoms with Crippen LogP contribution in [0.2, 0.25) is 0 Å². The molecule has 2 aromatic rings. The fourth-order valence-electron chi connectivity index (χ4n) is 1.47. The number of rotatable bonds is 0. The maximum atomic E-state index is 5.76. The smallest absolute Gasteiger partial charge is 0.141 e. The molecule has 16 heavy (non-hydrogen) atoms. The molecule has 0 aliphatic carbocycles. The lowest BCUT2D eigenvalue weighted by Gasteiger charge is -2.18. The lowest BCUT2D eigenvalue weighted by molar-refractivity contribution is 0.454. The topological polar surface area (TPSA) is 9.23 Å². The van der Waals surface area contributed by atoms with E-state index in [0.29, 0.717) is 0 Å². The summed E-state index contributed by atoms with van der Waals surface area (Å²) in [7, 11) is 0. The van der Waals surface area contributed by atoms with Crippen molar-refractivity contribution in [2.24, 2.45) is 0 Å². The van der Waals surface area contributed by atoms with Crippen molar-refractivity contribution in [2.45, 2.75) is 9.79 Å². The molecule has 0 unspecified atom stereocenters. The molecule has 1 heterocycles. The summed E-state index contributed by atoms with van der Waals surface area (Å²) >= 11 is 1.76. The zero-order valence-corrected chi connectivity index (χ0v) is 11.2. The third-order valence-electron chi connectivity index (χ3n) is 2.14. The molecule has 1 aliphatic heterocycles. The van der Waals surface area contributed by atoms with E-state index >= 15 is 0 Å². The molecular formula is C12H9AlClOS. The Bertz CT molecular complexity index is 402. The van der Waals surface area contributed by atoms with Crippen LogP contribution in [-0.2, 0) is 0 Å². The zero-order valence-electron chi connectivity index (χ0n) is 8.42. The lowest BCUT2D eigenvalue weighted by atomic mass is 10.3. The predicted octanol–water partition coefficient (Wildman–Crippen LogP) is 3.98. The second-order valence-electron chi connectivity index (χ2n) is 3.10. The van der Waals surface area contributed by atoms with Gasteiger partial charge in [0.15, 0.2) is 0 Å². The largest absolute Gasteiger partial charge is 0.455 e. The number of fused-ring (bicyclic) bond motifs is 2. The molecule has 0 saturated carbocycles. The number of halogens is 1. The Morgan fingerprint density at radius 2 is 1.19 bits per heavy atom. The molecule has 1 nitrogen and oxygen atoms in total. The van der Waals surface area contributed by atoms with Crippen LogP contribution in [0.3, 0.4) is 0 Å². The molecule has 2 aromatic carbocycles. The summed E-state index contributed by atoms with van der Waals surface area (Å²) in [5, 5.41) is 0. The highest BCUT2D eigenvalue weighted by atomic mass is 35.5. The van der Waals surface area contributed by atoms with E-state index in [1.807, 2.05) is 36.4 Å². The molecule has 0 amide bonds. The summed E-state index contributed by atoms with van der Waals surface area (Å²) in [6.07, 6.45) is 0. The van der Waals surface area contributed by atoms with Crippen LogP contribution < -0.4 is 4.74 Å². The molecule has 79 valence electrons. The van der Waals surface area contributed by atoms with Crippen LogP contribution in [0.25, 0.3) is 0 Å². The van der Waals surface area contributed by atoms with Gasteiger partial charge in [-0.15, -0.1) is 12.4 Å². The van der Waals surface area contributed by atoms with Crippen molar-refractivity contribution >= 4 is 41.5 Å². The van der Waals surface area contributed by atoms with Gasteiger partial charge in [-0.05, 0) is 24.3 Å². The highest BCUT2D eigenvalue weighted by Crippen LogP contribution is 2.46. The van der Waals surface area contributed by atoms with Gasteiger partial charge in [0.1, 0.15) is 11.5 Å². The normalized spacial score (nSPS) is 11.0. The molecule has 1 aliphatic rings. The van der Waals surface area contributed by atoms with Crippen molar-refractivity contribution in [3.63, 3.8) is 0 Å². The van der Waals surface area contributed by atoms with E-state index in [2.05, 4.69) is 12.1 Å². The number of hydrogen-bond acceptors (Lipinski definition) is 2. The standard InChI is InChI=1S/C12H8OS.Al.ClH/c1-3-7-11-9(5-1)13-10-6-2-4-8-12(10)14-11;;/h1-8H;;1H. The van der Waals surface area contributed by atoms with E-state index in [0.717, 1.165) is 11.5 Å². The van der Waals surface area contributed by atoms with E-state index in [1.54, 1.807) is 11.8 Å². The van der Waals surface area contributed by atoms with E-state index in [4.69, 9.17) is 4.74 Å². The van der Waals surface area contributed by atoms with Gasteiger partial charge in [-0.1, -0.05) is 36.0 Å². The van der Waals surface area contributed by atoms with Crippen LogP contribution >= 0.6 is 24.2 Å². The Balaban J connectivity index is 0.000000640. The first kappa shape index (κ1) is 13.5. The summed E-state index contributed by atoms with van der Waals surface area (Å²) in [5.74, 6) is 1.91. The molecule has 0 fully saturated rings. The Hall–Kier alpha value is -0.588. The number of ether oxygens (including phenoxy) is 1. The van der Waals surface area contributed by atoms with Crippen LogP contribution in [0.4, 0.5) is 0 Å². The van der Waals surface area contributed by atoms with Crippen molar-refractivity contribution in [1.82, 2.24) is 0 Å². The minimum Gasteiger partial charge on any atom is -0.455 e. The average molecular weight is 264 g/mol. The predicted molar refractivity (Wildman–Crippen MR) is 70.1 cm³/mol. The molecule has 0 spiro atoms. The SMILES string of the molecule is Cl.[Al].c1ccc2c(c1)Oc1ccccc1S2. The second kappa shape index (κ2) is 5.65. The molecule has 0 aromatic heterocycles. The summed E-state index contributed by atoms with van der Waals surface area (Å²) in [5.41, 5.74) is 0. The van der Waals surface area contributed by atoms with E-state index in [9.17, 15) is 0 Å². The van der Waals surface area contributed by atoms with Crippen molar-refractivity contribution < 1.29 is 4.74 Å². The molecule has 4 heteroatoms. The van der Waals surface area contributed by atoms with Crippen LogP contribution in [0, 0.1) is 0 Å². The Labute approximate surface area is 116 Å². The Morgan fingerprint density at radius 1 is 0.750 bits per heavy atom. The van der Waals surface area contributed by atoms with Crippen LogP contribution in [0.1, 0.15) is 0 Å². The molecular weight excluding hydrogens is 255 g/mol. The molecule has 0 bridgehead atoms. The van der Waals surface area contributed by atoms with Gasteiger partial charge in [-0.3, -0.25) is 0 Å². The van der Waals surface area contributed by atoms with Crippen molar-refractivity contribution in [3.05, 3.63) is 48.5 Å². The number of para-hydroxylation sites is 2.